The Morgan fingerprint density at radius 2 is 2.06 bits per heavy atom. The molecule has 0 amide bonds. The van der Waals surface area contributed by atoms with Crippen molar-refractivity contribution in [3.8, 4) is 0 Å². The van der Waals surface area contributed by atoms with Gasteiger partial charge in [-0.05, 0) is 30.7 Å². The zero-order valence-corrected chi connectivity index (χ0v) is 9.76. The molecule has 0 aliphatic carbocycles. The predicted molar refractivity (Wildman–Crippen MR) is 66.8 cm³/mol. The summed E-state index contributed by atoms with van der Waals surface area (Å²) in [5, 5.41) is 0. The fourth-order valence-corrected chi connectivity index (χ4v) is 1.70. The van der Waals surface area contributed by atoms with E-state index < -0.39 is 0 Å². The molecule has 1 aromatic heterocycles. The molecule has 0 aliphatic rings. The van der Waals surface area contributed by atoms with Crippen LogP contribution in [-0.4, -0.2) is 15.3 Å². The molecule has 0 bridgehead atoms. The van der Waals surface area contributed by atoms with Gasteiger partial charge in [0, 0.05) is 30.2 Å². The van der Waals surface area contributed by atoms with Gasteiger partial charge in [-0.25, -0.2) is 4.98 Å². The monoisotopic (exact) mass is 229 g/mol. The molecule has 0 atom stereocenters. The summed E-state index contributed by atoms with van der Waals surface area (Å²) in [6.07, 6.45) is 4.45. The van der Waals surface area contributed by atoms with Crippen molar-refractivity contribution in [3.63, 3.8) is 0 Å². The molecule has 17 heavy (non-hydrogen) atoms. The van der Waals surface area contributed by atoms with E-state index in [4.69, 9.17) is 5.73 Å². The highest BCUT2D eigenvalue weighted by molar-refractivity contribution is 6.06. The third-order valence-corrected chi connectivity index (χ3v) is 2.56. The highest BCUT2D eigenvalue weighted by Gasteiger charge is 2.14. The number of aryl methyl sites for hydroxylation is 1. The van der Waals surface area contributed by atoms with E-state index in [0.717, 1.165) is 13.0 Å². The van der Waals surface area contributed by atoms with E-state index in [1.807, 2.05) is 10.8 Å². The van der Waals surface area contributed by atoms with Gasteiger partial charge in [0.25, 0.3) is 0 Å². The van der Waals surface area contributed by atoms with Crippen LogP contribution in [0.2, 0.25) is 0 Å². The Morgan fingerprint density at radius 1 is 1.35 bits per heavy atom. The maximum absolute atomic E-state index is 12.2. The molecule has 0 spiro atoms. The largest absolute Gasteiger partial charge is 0.399 e. The molecule has 0 aliphatic heterocycles. The number of nitrogens with two attached hydrogens (primary N) is 1. The van der Waals surface area contributed by atoms with E-state index in [0.29, 0.717) is 17.1 Å². The molecule has 1 aromatic carbocycles. The zero-order chi connectivity index (χ0) is 12.3. The Hall–Kier alpha value is -2.10. The van der Waals surface area contributed by atoms with Gasteiger partial charge in [0.1, 0.15) is 0 Å². The van der Waals surface area contributed by atoms with Gasteiger partial charge >= 0.3 is 0 Å². The van der Waals surface area contributed by atoms with Crippen LogP contribution in [0.15, 0.2) is 36.7 Å². The number of carbonyl (C=O) groups excluding carboxylic acids is 1. The van der Waals surface area contributed by atoms with Crippen molar-refractivity contribution in [1.82, 2.24) is 9.55 Å². The molecule has 2 rings (SSSR count). The molecule has 4 heteroatoms. The maximum atomic E-state index is 12.2. The molecular formula is C13H15N3O. The SMILES string of the molecule is CCCn1ccnc1C(=O)c1ccc(N)cc1. The second-order valence-corrected chi connectivity index (χ2v) is 3.90. The molecule has 0 fully saturated rings. The van der Waals surface area contributed by atoms with Crippen molar-refractivity contribution in [2.45, 2.75) is 19.9 Å². The average Bonchev–Trinajstić information content (AvgIpc) is 2.78. The molecule has 0 radical (unpaired) electrons. The summed E-state index contributed by atoms with van der Waals surface area (Å²) in [4.78, 5) is 16.3. The lowest BCUT2D eigenvalue weighted by Gasteiger charge is -2.05. The molecule has 4 nitrogen and oxygen atoms in total. The Kier molecular flexibility index (Phi) is 3.23. The normalized spacial score (nSPS) is 10.4. The number of hydrogen-bond acceptors (Lipinski definition) is 3. The first-order valence-electron chi connectivity index (χ1n) is 5.63. The highest BCUT2D eigenvalue weighted by atomic mass is 16.1. The first-order chi connectivity index (χ1) is 8.22. The second-order valence-electron chi connectivity index (χ2n) is 3.90. The molecule has 1 heterocycles. The van der Waals surface area contributed by atoms with Crippen molar-refractivity contribution in [1.29, 1.82) is 0 Å². The van der Waals surface area contributed by atoms with Gasteiger partial charge in [0.2, 0.25) is 5.78 Å². The minimum Gasteiger partial charge on any atom is -0.399 e. The maximum Gasteiger partial charge on any atom is 0.228 e. The number of imidazole rings is 1. The summed E-state index contributed by atoms with van der Waals surface area (Å²) in [5.41, 5.74) is 6.86. The lowest BCUT2D eigenvalue weighted by Crippen LogP contribution is -2.11. The predicted octanol–water partition coefficient (Wildman–Crippen LogP) is 2.11. The van der Waals surface area contributed by atoms with Crippen LogP contribution in [0.4, 0.5) is 5.69 Å². The number of aromatic nitrogens is 2. The van der Waals surface area contributed by atoms with Gasteiger partial charge < -0.3 is 10.3 Å². The van der Waals surface area contributed by atoms with E-state index >= 15 is 0 Å². The lowest BCUT2D eigenvalue weighted by atomic mass is 10.1. The van der Waals surface area contributed by atoms with Crippen LogP contribution in [0.25, 0.3) is 0 Å². The van der Waals surface area contributed by atoms with Crippen LogP contribution in [0.3, 0.4) is 0 Å². The molecule has 2 N–H and O–H groups in total. The summed E-state index contributed by atoms with van der Waals surface area (Å²) < 4.78 is 1.87. The van der Waals surface area contributed by atoms with Gasteiger partial charge in [0.15, 0.2) is 5.82 Å². The molecule has 0 saturated carbocycles. The quantitative estimate of drug-likeness (QED) is 0.645. The van der Waals surface area contributed by atoms with E-state index in [2.05, 4.69) is 11.9 Å². The van der Waals surface area contributed by atoms with Crippen molar-refractivity contribution >= 4 is 11.5 Å². The van der Waals surface area contributed by atoms with Crippen LogP contribution in [0.5, 0.6) is 0 Å². The molecule has 2 aromatic rings. The number of rotatable bonds is 4. The summed E-state index contributed by atoms with van der Waals surface area (Å²) in [7, 11) is 0. The Balaban J connectivity index is 2.30. The lowest BCUT2D eigenvalue weighted by molar-refractivity contribution is 0.102. The molecule has 0 saturated heterocycles. The van der Waals surface area contributed by atoms with Crippen LogP contribution < -0.4 is 5.73 Å². The van der Waals surface area contributed by atoms with Gasteiger partial charge in [0.05, 0.1) is 0 Å². The third kappa shape index (κ3) is 2.36. The number of benzene rings is 1. The third-order valence-electron chi connectivity index (χ3n) is 2.56. The van der Waals surface area contributed by atoms with E-state index in [1.54, 1.807) is 30.5 Å². The van der Waals surface area contributed by atoms with Crippen molar-refractivity contribution in [3.05, 3.63) is 48.0 Å². The Morgan fingerprint density at radius 3 is 2.71 bits per heavy atom. The fraction of sp³-hybridized carbons (Fsp3) is 0.231. The standard InChI is InChI=1S/C13H15N3O/c1-2-8-16-9-7-15-13(16)12(17)10-3-5-11(14)6-4-10/h3-7,9H,2,8,14H2,1H3. The number of nitrogens with zero attached hydrogens (tertiary/aromatic N) is 2. The number of anilines is 1. The van der Waals surface area contributed by atoms with Crippen LogP contribution in [0.1, 0.15) is 29.5 Å². The minimum absolute atomic E-state index is 0.0662. The number of ketones is 1. The summed E-state index contributed by atoms with van der Waals surface area (Å²) in [6.45, 7) is 2.87. The Bertz CT molecular complexity index is 514. The summed E-state index contributed by atoms with van der Waals surface area (Å²) >= 11 is 0. The number of carbonyl (C=O) groups is 1. The van der Waals surface area contributed by atoms with Crippen molar-refractivity contribution in [2.75, 3.05) is 5.73 Å². The number of hydrogen-bond donors (Lipinski definition) is 1. The number of nitrogen functional groups attached to an aromatic ring is 1. The van der Waals surface area contributed by atoms with Crippen LogP contribution in [0, 0.1) is 0 Å². The zero-order valence-electron chi connectivity index (χ0n) is 9.76. The second kappa shape index (κ2) is 4.82. The fourth-order valence-electron chi connectivity index (χ4n) is 1.70. The van der Waals surface area contributed by atoms with Gasteiger partial charge in [-0.2, -0.15) is 0 Å². The Labute approximate surface area is 100 Å². The van der Waals surface area contributed by atoms with Crippen LogP contribution >= 0.6 is 0 Å². The van der Waals surface area contributed by atoms with E-state index in [9.17, 15) is 4.79 Å². The molecular weight excluding hydrogens is 214 g/mol. The highest BCUT2D eigenvalue weighted by Crippen LogP contribution is 2.11. The smallest absolute Gasteiger partial charge is 0.228 e. The van der Waals surface area contributed by atoms with Gasteiger partial charge in [-0.3, -0.25) is 4.79 Å². The van der Waals surface area contributed by atoms with Crippen LogP contribution in [-0.2, 0) is 6.54 Å². The van der Waals surface area contributed by atoms with Gasteiger partial charge in [-0.1, -0.05) is 6.92 Å². The summed E-state index contributed by atoms with van der Waals surface area (Å²) in [6, 6.07) is 6.89. The van der Waals surface area contributed by atoms with Crippen molar-refractivity contribution < 1.29 is 4.79 Å². The minimum atomic E-state index is -0.0662. The van der Waals surface area contributed by atoms with Gasteiger partial charge in [-0.15, -0.1) is 0 Å². The molecule has 0 unspecified atom stereocenters. The first kappa shape index (κ1) is 11.4. The van der Waals surface area contributed by atoms with Crippen molar-refractivity contribution in [2.24, 2.45) is 0 Å². The average molecular weight is 229 g/mol. The van der Waals surface area contributed by atoms with E-state index in [1.165, 1.54) is 0 Å². The molecule has 88 valence electrons. The first-order valence-corrected chi connectivity index (χ1v) is 5.63. The summed E-state index contributed by atoms with van der Waals surface area (Å²) in [5.74, 6) is 0.417. The van der Waals surface area contributed by atoms with E-state index in [-0.39, 0.29) is 5.78 Å². The topological polar surface area (TPSA) is 60.9 Å².